The summed E-state index contributed by atoms with van der Waals surface area (Å²) in [7, 11) is 0. The highest BCUT2D eigenvalue weighted by Gasteiger charge is 2.13. The van der Waals surface area contributed by atoms with Gasteiger partial charge in [-0.2, -0.15) is 0 Å². The van der Waals surface area contributed by atoms with E-state index in [4.69, 9.17) is 4.74 Å². The molecule has 0 fully saturated rings. The summed E-state index contributed by atoms with van der Waals surface area (Å²) < 4.78 is 5.71. The minimum Gasteiger partial charge on any atom is -0.453 e. The fourth-order valence-electron chi connectivity index (χ4n) is 1.89. The first kappa shape index (κ1) is 11.5. The lowest BCUT2D eigenvalue weighted by molar-refractivity contribution is 0.481. The van der Waals surface area contributed by atoms with E-state index < -0.39 is 0 Å². The number of ether oxygens (including phenoxy) is 1. The lowest BCUT2D eigenvalue weighted by Gasteiger charge is -2.20. The van der Waals surface area contributed by atoms with Gasteiger partial charge in [0.05, 0.1) is 17.9 Å². The second kappa shape index (κ2) is 5.40. The zero-order valence-corrected chi connectivity index (χ0v) is 10.4. The van der Waals surface area contributed by atoms with Crippen LogP contribution < -0.4 is 10.1 Å². The maximum absolute atomic E-state index is 5.71. The van der Waals surface area contributed by atoms with E-state index in [1.807, 2.05) is 60.7 Å². The molecule has 19 heavy (non-hydrogen) atoms. The highest BCUT2D eigenvalue weighted by atomic mass is 16.5. The van der Waals surface area contributed by atoms with Crippen LogP contribution in [0.1, 0.15) is 0 Å². The number of nitrogens with one attached hydrogen (secondary N) is 1. The predicted molar refractivity (Wildman–Crippen MR) is 78.7 cm³/mol. The van der Waals surface area contributed by atoms with Crippen LogP contribution in [-0.4, -0.2) is 12.8 Å². The summed E-state index contributed by atoms with van der Waals surface area (Å²) in [5.74, 6) is 1.76. The van der Waals surface area contributed by atoms with E-state index in [9.17, 15) is 0 Å². The van der Waals surface area contributed by atoms with Crippen molar-refractivity contribution in [3.63, 3.8) is 0 Å². The molecule has 2 aromatic rings. The molecule has 3 nitrogen and oxygen atoms in total. The molecule has 0 atom stereocenters. The Labute approximate surface area is 112 Å². The Kier molecular flexibility index (Phi) is 3.28. The molecule has 0 radical (unpaired) electrons. The van der Waals surface area contributed by atoms with Crippen LogP contribution in [0, 0.1) is 0 Å². The molecule has 0 amide bonds. The van der Waals surface area contributed by atoms with Gasteiger partial charge in [-0.1, -0.05) is 30.3 Å². The summed E-state index contributed by atoms with van der Waals surface area (Å²) in [6.07, 6.45) is 5.76. The summed E-state index contributed by atoms with van der Waals surface area (Å²) in [6.45, 7) is 0.889. The Morgan fingerprint density at radius 1 is 0.895 bits per heavy atom. The molecule has 1 N–H and O–H groups in total. The molecular weight excluding hydrogens is 236 g/mol. The molecule has 2 aliphatic heterocycles. The zero-order chi connectivity index (χ0) is 12.9. The van der Waals surface area contributed by atoms with Crippen molar-refractivity contribution in [2.24, 2.45) is 4.99 Å². The molecule has 0 unspecified atom stereocenters. The van der Waals surface area contributed by atoms with E-state index in [0.717, 1.165) is 29.4 Å². The maximum Gasteiger partial charge on any atom is 0.150 e. The van der Waals surface area contributed by atoms with Gasteiger partial charge in [-0.05, 0) is 30.3 Å². The molecule has 0 saturated heterocycles. The average molecular weight is 250 g/mol. The highest BCUT2D eigenvalue weighted by molar-refractivity contribution is 5.75. The fraction of sp³-hybridized carbons (Fsp3) is 0.0625. The van der Waals surface area contributed by atoms with Gasteiger partial charge in [0.15, 0.2) is 11.5 Å². The van der Waals surface area contributed by atoms with E-state index in [1.165, 1.54) is 0 Å². The number of hydrogen-bond acceptors (Lipinski definition) is 3. The Bertz CT molecular complexity index is 535. The second-order valence-electron chi connectivity index (χ2n) is 4.16. The number of anilines is 2. The maximum atomic E-state index is 5.71. The monoisotopic (exact) mass is 250 g/mol. The third-order valence-corrected chi connectivity index (χ3v) is 2.80. The molecule has 0 spiro atoms. The van der Waals surface area contributed by atoms with Crippen molar-refractivity contribution in [1.82, 2.24) is 0 Å². The third-order valence-electron chi connectivity index (χ3n) is 2.80. The van der Waals surface area contributed by atoms with Crippen LogP contribution in [0.2, 0.25) is 0 Å². The number of benzene rings is 2. The van der Waals surface area contributed by atoms with Crippen LogP contribution in [-0.2, 0) is 0 Å². The van der Waals surface area contributed by atoms with Gasteiger partial charge >= 0.3 is 0 Å². The SMILES string of the molecule is C1=CCN=C1.c1ccc2c(c1)Nc1ccccc1O2. The molecular formula is C16H14N2O. The number of hydrogen-bond donors (Lipinski definition) is 1. The number of fused-ring (bicyclic) bond motifs is 2. The molecule has 0 aromatic heterocycles. The van der Waals surface area contributed by atoms with Crippen molar-refractivity contribution in [3.05, 3.63) is 60.7 Å². The summed E-state index contributed by atoms with van der Waals surface area (Å²) in [6, 6.07) is 15.8. The smallest absolute Gasteiger partial charge is 0.150 e. The molecule has 4 rings (SSSR count). The first-order valence-corrected chi connectivity index (χ1v) is 6.21. The number of nitrogens with zero attached hydrogens (tertiary/aromatic N) is 1. The van der Waals surface area contributed by atoms with Crippen LogP contribution >= 0.6 is 0 Å². The van der Waals surface area contributed by atoms with Gasteiger partial charge < -0.3 is 10.1 Å². The van der Waals surface area contributed by atoms with E-state index in [2.05, 4.69) is 10.3 Å². The largest absolute Gasteiger partial charge is 0.453 e. The first-order chi connectivity index (χ1) is 9.43. The number of allylic oxidation sites excluding steroid dienone is 1. The van der Waals surface area contributed by atoms with Gasteiger partial charge in [0.25, 0.3) is 0 Å². The molecule has 2 heterocycles. The molecule has 2 aromatic carbocycles. The predicted octanol–water partition coefficient (Wildman–Crippen LogP) is 4.16. The van der Waals surface area contributed by atoms with Crippen LogP contribution in [0.4, 0.5) is 11.4 Å². The van der Waals surface area contributed by atoms with Crippen LogP contribution in [0.25, 0.3) is 0 Å². The summed E-state index contributed by atoms with van der Waals surface area (Å²) in [5.41, 5.74) is 2.04. The van der Waals surface area contributed by atoms with E-state index in [-0.39, 0.29) is 0 Å². The quantitative estimate of drug-likeness (QED) is 0.650. The normalized spacial score (nSPS) is 13.5. The molecule has 2 aliphatic rings. The van der Waals surface area contributed by atoms with Crippen molar-refractivity contribution < 1.29 is 4.74 Å². The Morgan fingerprint density at radius 2 is 1.53 bits per heavy atom. The van der Waals surface area contributed by atoms with Crippen molar-refractivity contribution in [2.75, 3.05) is 11.9 Å². The van der Waals surface area contributed by atoms with E-state index in [0.29, 0.717) is 0 Å². The lowest BCUT2D eigenvalue weighted by atomic mass is 10.2. The Morgan fingerprint density at radius 3 is 2.00 bits per heavy atom. The number of aliphatic imine (C=N–C) groups is 1. The minimum absolute atomic E-state index is 0.881. The molecule has 94 valence electrons. The van der Waals surface area contributed by atoms with E-state index >= 15 is 0 Å². The van der Waals surface area contributed by atoms with Crippen LogP contribution in [0.3, 0.4) is 0 Å². The van der Waals surface area contributed by atoms with Crippen molar-refractivity contribution >= 4 is 17.6 Å². The minimum atomic E-state index is 0.881. The summed E-state index contributed by atoms with van der Waals surface area (Å²) in [4.78, 5) is 3.85. The van der Waals surface area contributed by atoms with Crippen LogP contribution in [0.5, 0.6) is 11.5 Å². The standard InChI is InChI=1S/C12H9NO.C4H5N/c1-3-7-11-9(5-1)13-10-6-2-4-8-12(10)14-11;1-2-4-5-3-1/h1-8,13H;1-3H,4H2. The van der Waals surface area contributed by atoms with Gasteiger partial charge in [0.2, 0.25) is 0 Å². The molecule has 3 heteroatoms. The average Bonchev–Trinajstić information content (AvgIpc) is 3.04. The fourth-order valence-corrected chi connectivity index (χ4v) is 1.89. The van der Waals surface area contributed by atoms with Crippen molar-refractivity contribution in [3.8, 4) is 11.5 Å². The number of rotatable bonds is 0. The number of para-hydroxylation sites is 4. The van der Waals surface area contributed by atoms with Gasteiger partial charge in [-0.25, -0.2) is 0 Å². The molecule has 0 aliphatic carbocycles. The Hall–Kier alpha value is -2.55. The van der Waals surface area contributed by atoms with Gasteiger partial charge in [0, 0.05) is 6.21 Å². The summed E-state index contributed by atoms with van der Waals surface area (Å²) >= 11 is 0. The second-order valence-corrected chi connectivity index (χ2v) is 4.16. The third kappa shape index (κ3) is 2.65. The zero-order valence-electron chi connectivity index (χ0n) is 10.4. The molecule has 0 saturated carbocycles. The van der Waals surface area contributed by atoms with E-state index in [1.54, 1.807) is 6.21 Å². The van der Waals surface area contributed by atoms with Crippen molar-refractivity contribution in [1.29, 1.82) is 0 Å². The van der Waals surface area contributed by atoms with Gasteiger partial charge in [-0.15, -0.1) is 0 Å². The first-order valence-electron chi connectivity index (χ1n) is 6.21. The van der Waals surface area contributed by atoms with Crippen molar-refractivity contribution in [2.45, 2.75) is 0 Å². The molecule has 0 bridgehead atoms. The highest BCUT2D eigenvalue weighted by Crippen LogP contribution is 2.40. The van der Waals surface area contributed by atoms with Gasteiger partial charge in [-0.3, -0.25) is 4.99 Å². The van der Waals surface area contributed by atoms with Gasteiger partial charge in [0.1, 0.15) is 0 Å². The van der Waals surface area contributed by atoms with Crippen LogP contribution in [0.15, 0.2) is 65.7 Å². The topological polar surface area (TPSA) is 33.6 Å². The summed E-state index contributed by atoms with van der Waals surface area (Å²) in [5, 5.41) is 3.32. The lowest BCUT2D eigenvalue weighted by Crippen LogP contribution is -2.01. The Balaban J connectivity index is 0.000000187.